The Morgan fingerprint density at radius 1 is 1.50 bits per heavy atom. The van der Waals surface area contributed by atoms with Crippen LogP contribution in [0.1, 0.15) is 59.2 Å². The molecule has 1 unspecified atom stereocenters. The molecule has 1 fully saturated rings. The first-order valence-corrected chi connectivity index (χ1v) is 9.24. The molecule has 1 atom stereocenters. The quantitative estimate of drug-likeness (QED) is 0.785. The lowest BCUT2D eigenvalue weighted by atomic mass is 9.96. The molecule has 0 amide bonds. The number of piperidine rings is 1. The second-order valence-electron chi connectivity index (χ2n) is 6.22. The Hall–Kier alpha value is -2.19. The Morgan fingerprint density at radius 2 is 2.33 bits per heavy atom. The maximum absolute atomic E-state index is 12.0. The average Bonchev–Trinajstić information content (AvgIpc) is 3.10. The van der Waals surface area contributed by atoms with Crippen molar-refractivity contribution in [1.29, 1.82) is 5.26 Å². The number of anilines is 1. The average molecular weight is 339 g/mol. The third-order valence-electron chi connectivity index (χ3n) is 4.55. The van der Waals surface area contributed by atoms with Gasteiger partial charge < -0.3 is 4.90 Å². The number of benzene rings is 1. The number of nitriles is 1. The molecule has 0 saturated carbocycles. The van der Waals surface area contributed by atoms with Gasteiger partial charge in [0, 0.05) is 35.6 Å². The summed E-state index contributed by atoms with van der Waals surface area (Å²) >= 11 is 1.74. The van der Waals surface area contributed by atoms with Gasteiger partial charge in [-0.2, -0.15) is 5.26 Å². The highest BCUT2D eigenvalue weighted by Gasteiger charge is 2.26. The molecule has 1 aromatic carbocycles. The van der Waals surface area contributed by atoms with Gasteiger partial charge in [-0.05, 0) is 44.4 Å². The van der Waals surface area contributed by atoms with Crippen molar-refractivity contribution < 1.29 is 4.79 Å². The van der Waals surface area contributed by atoms with E-state index in [1.807, 2.05) is 6.07 Å². The van der Waals surface area contributed by atoms with Gasteiger partial charge in [0.05, 0.1) is 22.3 Å². The number of ketones is 1. The van der Waals surface area contributed by atoms with E-state index in [1.54, 1.807) is 30.4 Å². The van der Waals surface area contributed by atoms with Crippen molar-refractivity contribution in [2.75, 3.05) is 18.0 Å². The third kappa shape index (κ3) is 3.34. The molecule has 1 aliphatic heterocycles. The van der Waals surface area contributed by atoms with E-state index in [9.17, 15) is 10.1 Å². The monoisotopic (exact) mass is 339 g/mol. The Balaban J connectivity index is 1.89. The van der Waals surface area contributed by atoms with Crippen LogP contribution in [0.4, 0.5) is 5.69 Å². The number of carbonyl (C=O) groups excluding carboxylic acids is 1. The van der Waals surface area contributed by atoms with Crippen LogP contribution in [0.2, 0.25) is 0 Å². The van der Waals surface area contributed by atoms with E-state index in [-0.39, 0.29) is 5.78 Å². The molecule has 4 nitrogen and oxygen atoms in total. The van der Waals surface area contributed by atoms with Gasteiger partial charge in [0.2, 0.25) is 0 Å². The molecule has 1 aromatic heterocycles. The Kier molecular flexibility index (Phi) is 4.96. The second-order valence-corrected chi connectivity index (χ2v) is 7.11. The molecule has 0 bridgehead atoms. The first kappa shape index (κ1) is 16.7. The number of carbonyl (C=O) groups is 1. The summed E-state index contributed by atoms with van der Waals surface area (Å²) in [6.45, 7) is 5.47. The number of hydrogen-bond donors (Lipinski definition) is 0. The van der Waals surface area contributed by atoms with Crippen LogP contribution in [0.15, 0.2) is 23.6 Å². The maximum Gasteiger partial charge on any atom is 0.161 e. The van der Waals surface area contributed by atoms with Crippen LogP contribution in [0.25, 0.3) is 0 Å². The molecule has 1 saturated heterocycles. The minimum atomic E-state index is 0.0409. The lowest BCUT2D eigenvalue weighted by Gasteiger charge is -2.34. The van der Waals surface area contributed by atoms with E-state index in [2.05, 4.69) is 23.3 Å². The highest BCUT2D eigenvalue weighted by atomic mass is 32.1. The fourth-order valence-corrected chi connectivity index (χ4v) is 4.26. The SMILES string of the molecule is CCc1csc(C2CCCN(c3cc(C#N)ccc3C(C)=O)C2)n1. The molecule has 1 aliphatic rings. The van der Waals surface area contributed by atoms with Crippen LogP contribution < -0.4 is 4.90 Å². The summed E-state index contributed by atoms with van der Waals surface area (Å²) in [5, 5.41) is 12.5. The predicted octanol–water partition coefficient (Wildman–Crippen LogP) is 4.16. The van der Waals surface area contributed by atoms with E-state index >= 15 is 0 Å². The Bertz CT molecular complexity index is 790. The lowest BCUT2D eigenvalue weighted by Crippen LogP contribution is -2.35. The van der Waals surface area contributed by atoms with E-state index in [4.69, 9.17) is 4.98 Å². The molecule has 2 heterocycles. The summed E-state index contributed by atoms with van der Waals surface area (Å²) in [7, 11) is 0. The highest BCUT2D eigenvalue weighted by Crippen LogP contribution is 2.33. The standard InChI is InChI=1S/C19H21N3OS/c1-3-16-12-24-19(21-16)15-5-4-8-22(11-15)18-9-14(10-20)6-7-17(18)13(2)23/h6-7,9,12,15H,3-5,8,11H2,1-2H3. The molecule has 24 heavy (non-hydrogen) atoms. The number of nitrogens with zero attached hydrogens (tertiary/aromatic N) is 3. The molecule has 5 heteroatoms. The zero-order valence-electron chi connectivity index (χ0n) is 14.1. The molecule has 3 rings (SSSR count). The number of hydrogen-bond acceptors (Lipinski definition) is 5. The number of aromatic nitrogens is 1. The minimum Gasteiger partial charge on any atom is -0.370 e. The highest BCUT2D eigenvalue weighted by molar-refractivity contribution is 7.09. The molecular weight excluding hydrogens is 318 g/mol. The fourth-order valence-electron chi connectivity index (χ4n) is 3.23. The number of Topliss-reactive ketones (excluding diaryl/α,β-unsaturated/α-hetero) is 1. The van der Waals surface area contributed by atoms with Crippen LogP contribution in [-0.2, 0) is 6.42 Å². The summed E-state index contributed by atoms with van der Waals surface area (Å²) in [5.41, 5.74) is 3.34. The van der Waals surface area contributed by atoms with Crippen LogP contribution in [0, 0.1) is 11.3 Å². The van der Waals surface area contributed by atoms with Gasteiger partial charge in [0.25, 0.3) is 0 Å². The van der Waals surface area contributed by atoms with Crippen LogP contribution in [0.3, 0.4) is 0 Å². The van der Waals surface area contributed by atoms with Gasteiger partial charge in [-0.15, -0.1) is 11.3 Å². The lowest BCUT2D eigenvalue weighted by molar-refractivity contribution is 0.101. The minimum absolute atomic E-state index is 0.0409. The van der Waals surface area contributed by atoms with E-state index in [1.165, 1.54) is 5.01 Å². The normalized spacial score (nSPS) is 17.5. The van der Waals surface area contributed by atoms with Crippen molar-refractivity contribution in [3.63, 3.8) is 0 Å². The molecule has 0 N–H and O–H groups in total. The maximum atomic E-state index is 12.0. The van der Waals surface area contributed by atoms with Crippen molar-refractivity contribution in [3.8, 4) is 6.07 Å². The van der Waals surface area contributed by atoms with Crippen molar-refractivity contribution in [1.82, 2.24) is 4.98 Å². The number of rotatable bonds is 4. The Labute approximate surface area is 146 Å². The summed E-state index contributed by atoms with van der Waals surface area (Å²) in [6.07, 6.45) is 3.16. The van der Waals surface area contributed by atoms with Crippen molar-refractivity contribution in [2.45, 2.75) is 39.0 Å². The largest absolute Gasteiger partial charge is 0.370 e. The summed E-state index contributed by atoms with van der Waals surface area (Å²) < 4.78 is 0. The first-order valence-electron chi connectivity index (χ1n) is 8.36. The van der Waals surface area contributed by atoms with Gasteiger partial charge in [-0.3, -0.25) is 4.79 Å². The molecule has 0 aliphatic carbocycles. The van der Waals surface area contributed by atoms with Crippen LogP contribution in [0.5, 0.6) is 0 Å². The van der Waals surface area contributed by atoms with Gasteiger partial charge in [-0.1, -0.05) is 6.92 Å². The summed E-state index contributed by atoms with van der Waals surface area (Å²) in [5.74, 6) is 0.439. The van der Waals surface area contributed by atoms with Crippen molar-refractivity contribution >= 4 is 22.8 Å². The van der Waals surface area contributed by atoms with Gasteiger partial charge in [0.1, 0.15) is 0 Å². The van der Waals surface area contributed by atoms with Gasteiger partial charge >= 0.3 is 0 Å². The third-order valence-corrected chi connectivity index (χ3v) is 5.61. The molecule has 124 valence electrons. The van der Waals surface area contributed by atoms with E-state index in [0.29, 0.717) is 17.0 Å². The predicted molar refractivity (Wildman–Crippen MR) is 96.8 cm³/mol. The van der Waals surface area contributed by atoms with Crippen LogP contribution >= 0.6 is 11.3 Å². The number of thiazole rings is 1. The van der Waals surface area contributed by atoms with Crippen molar-refractivity contribution in [3.05, 3.63) is 45.4 Å². The molecule has 2 aromatic rings. The summed E-state index contributed by atoms with van der Waals surface area (Å²) in [6, 6.07) is 7.52. The first-order chi connectivity index (χ1) is 11.6. The van der Waals surface area contributed by atoms with Crippen molar-refractivity contribution in [2.24, 2.45) is 0 Å². The zero-order valence-corrected chi connectivity index (χ0v) is 14.9. The van der Waals surface area contributed by atoms with Crippen LogP contribution in [-0.4, -0.2) is 23.9 Å². The molecular formula is C19H21N3OS. The van der Waals surface area contributed by atoms with E-state index < -0.39 is 0 Å². The smallest absolute Gasteiger partial charge is 0.161 e. The molecule has 0 radical (unpaired) electrons. The fraction of sp³-hybridized carbons (Fsp3) is 0.421. The Morgan fingerprint density at radius 3 is 3.00 bits per heavy atom. The summed E-state index contributed by atoms with van der Waals surface area (Å²) in [4.78, 5) is 19.0. The van der Waals surface area contributed by atoms with E-state index in [0.717, 1.165) is 43.7 Å². The topological polar surface area (TPSA) is 57.0 Å². The van der Waals surface area contributed by atoms with Gasteiger partial charge in [-0.25, -0.2) is 4.98 Å². The van der Waals surface area contributed by atoms with Gasteiger partial charge in [0.15, 0.2) is 5.78 Å². The zero-order chi connectivity index (χ0) is 17.1. The number of aryl methyl sites for hydroxylation is 1. The molecule has 0 spiro atoms. The second kappa shape index (κ2) is 7.14.